The van der Waals surface area contributed by atoms with E-state index in [9.17, 15) is 4.79 Å². The number of fused-ring (bicyclic) bond motifs is 1. The fraction of sp³-hybridized carbons (Fsp3) is 0.467. The van der Waals surface area contributed by atoms with Gasteiger partial charge in [0.25, 0.3) is 0 Å². The number of carbonyl (C=O) groups is 1. The molecule has 0 aliphatic carbocycles. The summed E-state index contributed by atoms with van der Waals surface area (Å²) in [5, 5.41) is 0. The quantitative estimate of drug-likeness (QED) is 0.792. The largest absolute Gasteiger partial charge is 0.369 e. The monoisotopic (exact) mass is 398 g/mol. The van der Waals surface area contributed by atoms with Crippen LogP contribution in [-0.2, 0) is 4.79 Å². The third-order valence-corrected chi connectivity index (χ3v) is 4.76. The molecule has 1 saturated heterocycles. The highest BCUT2D eigenvalue weighted by molar-refractivity contribution is 14.1. The molecule has 3 rings (SSSR count). The Morgan fingerprint density at radius 3 is 2.76 bits per heavy atom. The van der Waals surface area contributed by atoms with Gasteiger partial charge in [0.15, 0.2) is 0 Å². The molecule has 1 aromatic heterocycles. The third kappa shape index (κ3) is 2.73. The van der Waals surface area contributed by atoms with Gasteiger partial charge in [0.1, 0.15) is 6.04 Å². The molecule has 1 aromatic carbocycles. The number of benzene rings is 1. The van der Waals surface area contributed by atoms with Crippen molar-refractivity contribution in [1.29, 1.82) is 0 Å². The smallest absolute Gasteiger partial charge is 0.245 e. The van der Waals surface area contributed by atoms with Crippen LogP contribution in [0.25, 0.3) is 11.0 Å². The molecule has 6 heteroatoms. The van der Waals surface area contributed by atoms with Crippen LogP contribution >= 0.6 is 22.6 Å². The van der Waals surface area contributed by atoms with Crippen LogP contribution in [-0.4, -0.2) is 33.4 Å². The first-order valence-corrected chi connectivity index (χ1v) is 8.37. The first kappa shape index (κ1) is 14.6. The SMILES string of the molecule is CC(C(=O)N1CCCCC1)n1c(N)nc2cc(I)ccc21. The van der Waals surface area contributed by atoms with Crippen LogP contribution in [0.3, 0.4) is 0 Å². The van der Waals surface area contributed by atoms with Crippen molar-refractivity contribution in [3.63, 3.8) is 0 Å². The van der Waals surface area contributed by atoms with Crippen molar-refractivity contribution < 1.29 is 4.79 Å². The second kappa shape index (κ2) is 5.82. The summed E-state index contributed by atoms with van der Waals surface area (Å²) in [4.78, 5) is 19.0. The summed E-state index contributed by atoms with van der Waals surface area (Å²) in [6.45, 7) is 3.62. The number of carbonyl (C=O) groups excluding carboxylic acids is 1. The number of nitrogen functional groups attached to an aromatic ring is 1. The lowest BCUT2D eigenvalue weighted by Gasteiger charge is -2.30. The van der Waals surface area contributed by atoms with Gasteiger partial charge in [-0.25, -0.2) is 4.98 Å². The van der Waals surface area contributed by atoms with Gasteiger partial charge in [0, 0.05) is 16.7 Å². The number of rotatable bonds is 2. The van der Waals surface area contributed by atoms with Crippen LogP contribution in [0.2, 0.25) is 0 Å². The maximum absolute atomic E-state index is 12.7. The topological polar surface area (TPSA) is 64.2 Å². The zero-order valence-corrected chi connectivity index (χ0v) is 14.2. The van der Waals surface area contributed by atoms with Crippen LogP contribution in [0.15, 0.2) is 18.2 Å². The van der Waals surface area contributed by atoms with Crippen LogP contribution in [0.4, 0.5) is 5.95 Å². The molecule has 5 nitrogen and oxygen atoms in total. The first-order chi connectivity index (χ1) is 10.1. The van der Waals surface area contributed by atoms with Crippen molar-refractivity contribution in [3.05, 3.63) is 21.8 Å². The van der Waals surface area contributed by atoms with Gasteiger partial charge < -0.3 is 10.6 Å². The van der Waals surface area contributed by atoms with E-state index in [4.69, 9.17) is 5.73 Å². The minimum atomic E-state index is -0.312. The second-order valence-corrected chi connectivity index (χ2v) is 6.78. The fourth-order valence-corrected chi connectivity index (χ4v) is 3.46. The first-order valence-electron chi connectivity index (χ1n) is 7.29. The fourth-order valence-electron chi connectivity index (χ4n) is 2.99. The summed E-state index contributed by atoms with van der Waals surface area (Å²) in [7, 11) is 0. The summed E-state index contributed by atoms with van der Waals surface area (Å²) in [6.07, 6.45) is 3.40. The Morgan fingerprint density at radius 1 is 1.33 bits per heavy atom. The summed E-state index contributed by atoms with van der Waals surface area (Å²) >= 11 is 2.25. The predicted octanol–water partition coefficient (Wildman–Crippen LogP) is 2.80. The molecule has 21 heavy (non-hydrogen) atoms. The zero-order valence-electron chi connectivity index (χ0n) is 12.1. The van der Waals surface area contributed by atoms with E-state index in [1.165, 1.54) is 6.42 Å². The van der Waals surface area contributed by atoms with E-state index in [-0.39, 0.29) is 11.9 Å². The highest BCUT2D eigenvalue weighted by Crippen LogP contribution is 2.26. The lowest BCUT2D eigenvalue weighted by molar-refractivity contribution is -0.135. The van der Waals surface area contributed by atoms with Crippen LogP contribution in [0.5, 0.6) is 0 Å². The number of anilines is 1. The lowest BCUT2D eigenvalue weighted by atomic mass is 10.1. The molecule has 1 aliphatic heterocycles. The maximum Gasteiger partial charge on any atom is 0.245 e. The number of likely N-dealkylation sites (tertiary alicyclic amines) is 1. The number of nitrogens with two attached hydrogens (primary N) is 1. The van der Waals surface area contributed by atoms with Crippen LogP contribution in [0.1, 0.15) is 32.2 Å². The Morgan fingerprint density at radius 2 is 2.05 bits per heavy atom. The van der Waals surface area contributed by atoms with Crippen molar-refractivity contribution in [2.45, 2.75) is 32.2 Å². The Hall–Kier alpha value is -1.31. The molecule has 1 amide bonds. The van der Waals surface area contributed by atoms with Crippen LogP contribution in [0, 0.1) is 3.57 Å². The Balaban J connectivity index is 1.95. The van der Waals surface area contributed by atoms with Gasteiger partial charge in [-0.15, -0.1) is 0 Å². The van der Waals surface area contributed by atoms with Gasteiger partial charge in [0.2, 0.25) is 11.9 Å². The van der Waals surface area contributed by atoms with Gasteiger partial charge in [-0.2, -0.15) is 0 Å². The molecule has 0 bridgehead atoms. The number of piperidine rings is 1. The number of amides is 1. The van der Waals surface area contributed by atoms with E-state index in [1.54, 1.807) is 0 Å². The molecule has 2 heterocycles. The Bertz CT molecular complexity index is 676. The molecule has 1 fully saturated rings. The summed E-state index contributed by atoms with van der Waals surface area (Å²) in [5.41, 5.74) is 7.82. The Labute approximate surface area is 137 Å². The number of nitrogens with zero attached hydrogens (tertiary/aromatic N) is 3. The molecule has 0 saturated carbocycles. The molecule has 1 atom stereocenters. The molecule has 1 unspecified atom stereocenters. The minimum Gasteiger partial charge on any atom is -0.369 e. The van der Waals surface area contributed by atoms with E-state index in [2.05, 4.69) is 27.6 Å². The number of aromatic nitrogens is 2. The zero-order chi connectivity index (χ0) is 15.0. The van der Waals surface area contributed by atoms with Crippen LogP contribution < -0.4 is 5.73 Å². The van der Waals surface area contributed by atoms with Gasteiger partial charge >= 0.3 is 0 Å². The maximum atomic E-state index is 12.7. The Kier molecular flexibility index (Phi) is 4.05. The molecule has 112 valence electrons. The van der Waals surface area contributed by atoms with Crippen molar-refractivity contribution in [2.75, 3.05) is 18.8 Å². The molecule has 2 aromatic rings. The molecule has 2 N–H and O–H groups in total. The van der Waals surface area contributed by atoms with Gasteiger partial charge in [-0.05, 0) is 67.0 Å². The summed E-state index contributed by atoms with van der Waals surface area (Å²) < 4.78 is 2.96. The van der Waals surface area contributed by atoms with Crippen molar-refractivity contribution in [2.24, 2.45) is 0 Å². The van der Waals surface area contributed by atoms with E-state index >= 15 is 0 Å². The van der Waals surface area contributed by atoms with Gasteiger partial charge in [-0.3, -0.25) is 9.36 Å². The average Bonchev–Trinajstić information content (AvgIpc) is 2.81. The van der Waals surface area contributed by atoms with Crippen molar-refractivity contribution >= 4 is 45.5 Å². The van der Waals surface area contributed by atoms with Gasteiger partial charge in [0.05, 0.1) is 11.0 Å². The van der Waals surface area contributed by atoms with E-state index in [0.717, 1.165) is 40.5 Å². The third-order valence-electron chi connectivity index (χ3n) is 4.09. The molecule has 0 radical (unpaired) electrons. The molecular formula is C15H19IN4O. The minimum absolute atomic E-state index is 0.138. The highest BCUT2D eigenvalue weighted by Gasteiger charge is 2.26. The lowest BCUT2D eigenvalue weighted by Crippen LogP contribution is -2.39. The molecular weight excluding hydrogens is 379 g/mol. The van der Waals surface area contributed by atoms with E-state index in [1.807, 2.05) is 34.6 Å². The molecule has 1 aliphatic rings. The number of hydrogen-bond acceptors (Lipinski definition) is 3. The average molecular weight is 398 g/mol. The number of imidazole rings is 1. The standard InChI is InChI=1S/C15H19IN4O/c1-10(14(21)19-7-3-2-4-8-19)20-13-6-5-11(16)9-12(13)18-15(20)17/h5-6,9-10H,2-4,7-8H2,1H3,(H2,17,18). The predicted molar refractivity (Wildman–Crippen MR) is 92.0 cm³/mol. The van der Waals surface area contributed by atoms with Gasteiger partial charge in [-0.1, -0.05) is 0 Å². The normalized spacial score (nSPS) is 17.1. The summed E-state index contributed by atoms with van der Waals surface area (Å²) in [6, 6.07) is 5.67. The highest BCUT2D eigenvalue weighted by atomic mass is 127. The van der Waals surface area contributed by atoms with E-state index < -0.39 is 0 Å². The van der Waals surface area contributed by atoms with E-state index in [0.29, 0.717) is 5.95 Å². The number of hydrogen-bond donors (Lipinski definition) is 1. The molecule has 0 spiro atoms. The second-order valence-electron chi connectivity index (χ2n) is 5.53. The summed E-state index contributed by atoms with van der Waals surface area (Å²) in [5.74, 6) is 0.545. The van der Waals surface area contributed by atoms with Crippen molar-refractivity contribution in [3.8, 4) is 0 Å². The number of halogens is 1. The van der Waals surface area contributed by atoms with Crippen molar-refractivity contribution in [1.82, 2.24) is 14.5 Å².